The maximum absolute atomic E-state index is 12.1. The minimum atomic E-state index is -3.34. The van der Waals surface area contributed by atoms with Gasteiger partial charge in [0.2, 0.25) is 10.0 Å². The summed E-state index contributed by atoms with van der Waals surface area (Å²) >= 11 is 0. The summed E-state index contributed by atoms with van der Waals surface area (Å²) in [6.45, 7) is 0.309. The molecule has 4 nitrogen and oxygen atoms in total. The Morgan fingerprint density at radius 2 is 1.77 bits per heavy atom. The molecule has 0 aliphatic carbocycles. The van der Waals surface area contributed by atoms with Crippen LogP contribution in [0, 0.1) is 0 Å². The van der Waals surface area contributed by atoms with Crippen LogP contribution in [0.25, 0.3) is 0 Å². The number of hydrogen-bond acceptors (Lipinski definition) is 3. The predicted molar refractivity (Wildman–Crippen MR) is 86.2 cm³/mol. The van der Waals surface area contributed by atoms with Crippen LogP contribution in [0.15, 0.2) is 54.6 Å². The number of sulfonamides is 1. The van der Waals surface area contributed by atoms with E-state index in [4.69, 9.17) is 4.74 Å². The molecule has 5 heteroatoms. The minimum Gasteiger partial charge on any atom is -0.489 e. The lowest BCUT2D eigenvalue weighted by atomic mass is 10.0. The molecule has 0 aromatic heterocycles. The van der Waals surface area contributed by atoms with Crippen LogP contribution >= 0.6 is 0 Å². The van der Waals surface area contributed by atoms with Crippen LogP contribution in [-0.4, -0.2) is 21.1 Å². The van der Waals surface area contributed by atoms with Gasteiger partial charge in [0.1, 0.15) is 11.9 Å². The van der Waals surface area contributed by atoms with Gasteiger partial charge in [-0.1, -0.05) is 48.5 Å². The van der Waals surface area contributed by atoms with E-state index in [-0.39, 0.29) is 11.9 Å². The highest BCUT2D eigenvalue weighted by Gasteiger charge is 2.21. The zero-order chi connectivity index (χ0) is 15.4. The summed E-state index contributed by atoms with van der Waals surface area (Å²) in [5.41, 5.74) is 1.97. The quantitative estimate of drug-likeness (QED) is 0.922. The van der Waals surface area contributed by atoms with Gasteiger partial charge in [-0.25, -0.2) is 13.1 Å². The standard InChI is InChI=1S/C17H19NO3S/c19-22(20,13-14-6-2-1-3-7-14)18-12-16-11-10-15-8-4-5-9-17(15)21-16/h1-9,16,18H,10-13H2/t16-/m0/s1. The molecule has 0 bridgehead atoms. The van der Waals surface area contributed by atoms with E-state index >= 15 is 0 Å². The molecule has 22 heavy (non-hydrogen) atoms. The molecule has 0 radical (unpaired) electrons. The number of para-hydroxylation sites is 1. The number of aryl methyl sites for hydroxylation is 1. The Morgan fingerprint density at radius 3 is 2.59 bits per heavy atom. The highest BCUT2D eigenvalue weighted by Crippen LogP contribution is 2.26. The van der Waals surface area contributed by atoms with Crippen LogP contribution in [0.2, 0.25) is 0 Å². The molecule has 0 saturated carbocycles. The van der Waals surface area contributed by atoms with Crippen molar-refractivity contribution in [2.75, 3.05) is 6.54 Å². The molecular formula is C17H19NO3S. The van der Waals surface area contributed by atoms with E-state index < -0.39 is 10.0 Å². The number of ether oxygens (including phenoxy) is 1. The van der Waals surface area contributed by atoms with Crippen molar-refractivity contribution in [2.45, 2.75) is 24.7 Å². The van der Waals surface area contributed by atoms with Crippen molar-refractivity contribution in [1.82, 2.24) is 4.72 Å². The van der Waals surface area contributed by atoms with Crippen LogP contribution in [0.3, 0.4) is 0 Å². The molecule has 116 valence electrons. The summed E-state index contributed by atoms with van der Waals surface area (Å²) in [5.74, 6) is 0.859. The Kier molecular flexibility index (Phi) is 4.45. The Bertz CT molecular complexity index is 729. The normalized spacial score (nSPS) is 17.5. The summed E-state index contributed by atoms with van der Waals surface area (Å²) in [6, 6.07) is 17.1. The molecule has 0 saturated heterocycles. The first-order valence-electron chi connectivity index (χ1n) is 7.38. The zero-order valence-electron chi connectivity index (χ0n) is 12.2. The molecule has 3 rings (SSSR count). The fourth-order valence-corrected chi connectivity index (χ4v) is 3.76. The fourth-order valence-electron chi connectivity index (χ4n) is 2.59. The molecule has 2 aromatic carbocycles. The van der Waals surface area contributed by atoms with Crippen LogP contribution in [0.1, 0.15) is 17.5 Å². The van der Waals surface area contributed by atoms with Crippen molar-refractivity contribution in [3.8, 4) is 5.75 Å². The third-order valence-electron chi connectivity index (χ3n) is 3.73. The van der Waals surface area contributed by atoms with Crippen LogP contribution in [0.4, 0.5) is 0 Å². The van der Waals surface area contributed by atoms with Crippen molar-refractivity contribution >= 4 is 10.0 Å². The molecular weight excluding hydrogens is 298 g/mol. The molecule has 1 aliphatic heterocycles. The van der Waals surface area contributed by atoms with E-state index in [0.717, 1.165) is 24.2 Å². The summed E-state index contributed by atoms with van der Waals surface area (Å²) in [4.78, 5) is 0. The lowest BCUT2D eigenvalue weighted by Crippen LogP contribution is -2.37. The maximum Gasteiger partial charge on any atom is 0.215 e. The van der Waals surface area contributed by atoms with Gasteiger partial charge < -0.3 is 4.74 Å². The van der Waals surface area contributed by atoms with Gasteiger partial charge in [-0.2, -0.15) is 0 Å². The van der Waals surface area contributed by atoms with E-state index in [1.165, 1.54) is 5.56 Å². The van der Waals surface area contributed by atoms with Crippen LogP contribution in [-0.2, 0) is 22.2 Å². The smallest absolute Gasteiger partial charge is 0.215 e. The van der Waals surface area contributed by atoms with Gasteiger partial charge >= 0.3 is 0 Å². The first-order chi connectivity index (χ1) is 10.6. The molecule has 1 N–H and O–H groups in total. The first-order valence-corrected chi connectivity index (χ1v) is 9.03. The van der Waals surface area contributed by atoms with Crippen LogP contribution < -0.4 is 9.46 Å². The summed E-state index contributed by atoms with van der Waals surface area (Å²) < 4.78 is 32.7. The van der Waals surface area contributed by atoms with E-state index in [1.807, 2.05) is 54.6 Å². The highest BCUT2D eigenvalue weighted by molar-refractivity contribution is 7.88. The number of hydrogen-bond donors (Lipinski definition) is 1. The molecule has 1 heterocycles. The van der Waals surface area contributed by atoms with Gasteiger partial charge in [0, 0.05) is 6.54 Å². The topological polar surface area (TPSA) is 55.4 Å². The predicted octanol–water partition coefficient (Wildman–Crippen LogP) is 2.50. The Balaban J connectivity index is 1.57. The number of nitrogens with one attached hydrogen (secondary N) is 1. The van der Waals surface area contributed by atoms with Crippen LogP contribution in [0.5, 0.6) is 5.75 Å². The molecule has 0 spiro atoms. The van der Waals surface area contributed by atoms with Gasteiger partial charge in [0.05, 0.1) is 5.75 Å². The number of rotatable bonds is 5. The lowest BCUT2D eigenvalue weighted by Gasteiger charge is -2.26. The lowest BCUT2D eigenvalue weighted by molar-refractivity contribution is 0.177. The highest BCUT2D eigenvalue weighted by atomic mass is 32.2. The van der Waals surface area contributed by atoms with Crippen molar-refractivity contribution in [3.63, 3.8) is 0 Å². The average molecular weight is 317 g/mol. The van der Waals surface area contributed by atoms with Gasteiger partial charge in [-0.3, -0.25) is 0 Å². The molecule has 2 aromatic rings. The van der Waals surface area contributed by atoms with E-state index in [9.17, 15) is 8.42 Å². The Morgan fingerprint density at radius 1 is 1.05 bits per heavy atom. The molecule has 0 unspecified atom stereocenters. The molecule has 1 aliphatic rings. The van der Waals surface area contributed by atoms with Gasteiger partial charge in [0.25, 0.3) is 0 Å². The second-order valence-electron chi connectivity index (χ2n) is 5.48. The number of benzene rings is 2. The van der Waals surface area contributed by atoms with Gasteiger partial charge in [-0.15, -0.1) is 0 Å². The SMILES string of the molecule is O=S(=O)(Cc1ccccc1)NC[C@@H]1CCc2ccccc2O1. The monoisotopic (exact) mass is 317 g/mol. The third-order valence-corrected chi connectivity index (χ3v) is 5.05. The largest absolute Gasteiger partial charge is 0.489 e. The average Bonchev–Trinajstić information content (AvgIpc) is 2.53. The maximum atomic E-state index is 12.1. The van der Waals surface area contributed by atoms with E-state index in [2.05, 4.69) is 4.72 Å². The minimum absolute atomic E-state index is 0.00283. The van der Waals surface area contributed by atoms with Gasteiger partial charge in [-0.05, 0) is 30.0 Å². The van der Waals surface area contributed by atoms with Crippen molar-refractivity contribution < 1.29 is 13.2 Å². The third kappa shape index (κ3) is 3.87. The second-order valence-corrected chi connectivity index (χ2v) is 7.29. The zero-order valence-corrected chi connectivity index (χ0v) is 13.1. The summed E-state index contributed by atoms with van der Waals surface area (Å²) in [7, 11) is -3.34. The van der Waals surface area contributed by atoms with E-state index in [0.29, 0.717) is 6.54 Å². The Labute approximate surface area is 131 Å². The van der Waals surface area contributed by atoms with Crippen molar-refractivity contribution in [2.24, 2.45) is 0 Å². The van der Waals surface area contributed by atoms with E-state index in [1.54, 1.807) is 0 Å². The molecule has 0 amide bonds. The first kappa shape index (κ1) is 15.1. The Hall–Kier alpha value is -1.85. The molecule has 0 fully saturated rings. The second kappa shape index (κ2) is 6.50. The van der Waals surface area contributed by atoms with Crippen molar-refractivity contribution in [3.05, 3.63) is 65.7 Å². The summed E-state index contributed by atoms with van der Waals surface area (Å²) in [5, 5.41) is 0. The summed E-state index contributed by atoms with van der Waals surface area (Å²) in [6.07, 6.45) is 1.63. The van der Waals surface area contributed by atoms with Crippen molar-refractivity contribution in [1.29, 1.82) is 0 Å². The fraction of sp³-hybridized carbons (Fsp3) is 0.294. The number of fused-ring (bicyclic) bond motifs is 1. The van der Waals surface area contributed by atoms with Gasteiger partial charge in [0.15, 0.2) is 0 Å². The molecule has 1 atom stereocenters.